The smallest absolute Gasteiger partial charge is 0.186 e. The summed E-state index contributed by atoms with van der Waals surface area (Å²) in [6.45, 7) is 0.755. The number of carbonyl (C=O) groups is 1. The predicted molar refractivity (Wildman–Crippen MR) is 91.3 cm³/mol. The fraction of sp³-hybridized carbons (Fsp3) is 0.167. The fourth-order valence-electron chi connectivity index (χ4n) is 2.10. The van der Waals surface area contributed by atoms with Crippen LogP contribution >= 0.6 is 15.9 Å². The van der Waals surface area contributed by atoms with Crippen LogP contribution in [0.15, 0.2) is 59.1 Å². The lowest BCUT2D eigenvalue weighted by Gasteiger charge is -2.12. The number of benzene rings is 2. The lowest BCUT2D eigenvalue weighted by Crippen LogP contribution is -2.13. The fourth-order valence-corrected chi connectivity index (χ4v) is 2.52. The van der Waals surface area contributed by atoms with E-state index in [1.54, 1.807) is 6.08 Å². The Morgan fingerprint density at radius 3 is 2.48 bits per heavy atom. The highest BCUT2D eigenvalue weighted by Crippen LogP contribution is 2.18. The van der Waals surface area contributed by atoms with Crippen LogP contribution in [-0.2, 0) is 6.54 Å². The minimum absolute atomic E-state index is 0.0307. The van der Waals surface area contributed by atoms with E-state index in [4.69, 9.17) is 0 Å². The molecule has 0 unspecified atom stereocenters. The second kappa shape index (κ2) is 7.34. The zero-order valence-electron chi connectivity index (χ0n) is 12.2. The largest absolute Gasteiger partial charge is 0.305 e. The molecule has 0 saturated carbocycles. The maximum absolute atomic E-state index is 12.4. The van der Waals surface area contributed by atoms with Gasteiger partial charge in [-0.1, -0.05) is 58.4 Å². The molecule has 2 nitrogen and oxygen atoms in total. The van der Waals surface area contributed by atoms with Gasteiger partial charge < -0.3 is 4.90 Å². The average molecular weight is 344 g/mol. The molecule has 0 aromatic heterocycles. The summed E-state index contributed by atoms with van der Waals surface area (Å²) in [7, 11) is 4.00. The minimum Gasteiger partial charge on any atom is -0.305 e. The van der Waals surface area contributed by atoms with Gasteiger partial charge in [0.15, 0.2) is 5.78 Å². The maximum atomic E-state index is 12.4. The van der Waals surface area contributed by atoms with Gasteiger partial charge in [0.2, 0.25) is 0 Å². The second-order valence-electron chi connectivity index (χ2n) is 5.11. The molecular weight excluding hydrogens is 326 g/mol. The Hall–Kier alpha value is -1.71. The van der Waals surface area contributed by atoms with Gasteiger partial charge >= 0.3 is 0 Å². The summed E-state index contributed by atoms with van der Waals surface area (Å²) < 4.78 is 0.982. The Labute approximate surface area is 134 Å². The topological polar surface area (TPSA) is 20.3 Å². The van der Waals surface area contributed by atoms with E-state index in [1.165, 1.54) is 0 Å². The highest BCUT2D eigenvalue weighted by atomic mass is 79.9. The van der Waals surface area contributed by atoms with Crippen LogP contribution in [0.2, 0.25) is 0 Å². The third-order valence-corrected chi connectivity index (χ3v) is 3.81. The first-order valence-electron chi connectivity index (χ1n) is 6.77. The second-order valence-corrected chi connectivity index (χ2v) is 5.97. The molecule has 0 spiro atoms. The monoisotopic (exact) mass is 343 g/mol. The first-order chi connectivity index (χ1) is 10.1. The van der Waals surface area contributed by atoms with Crippen LogP contribution in [0, 0.1) is 0 Å². The third kappa shape index (κ3) is 4.38. The van der Waals surface area contributed by atoms with Crippen molar-refractivity contribution < 1.29 is 4.79 Å². The number of ketones is 1. The van der Waals surface area contributed by atoms with E-state index in [1.807, 2.05) is 68.7 Å². The maximum Gasteiger partial charge on any atom is 0.186 e. The molecule has 2 rings (SSSR count). The average Bonchev–Trinajstić information content (AvgIpc) is 2.46. The van der Waals surface area contributed by atoms with E-state index in [-0.39, 0.29) is 5.78 Å². The molecule has 0 amide bonds. The molecule has 0 atom stereocenters. The Balaban J connectivity index is 2.23. The Morgan fingerprint density at radius 2 is 1.76 bits per heavy atom. The minimum atomic E-state index is 0.0307. The van der Waals surface area contributed by atoms with E-state index >= 15 is 0 Å². The van der Waals surface area contributed by atoms with Gasteiger partial charge in [-0.15, -0.1) is 0 Å². The lowest BCUT2D eigenvalue weighted by molar-refractivity contribution is 0.104. The van der Waals surface area contributed by atoms with E-state index in [0.717, 1.165) is 27.7 Å². The third-order valence-electron chi connectivity index (χ3n) is 3.09. The molecule has 21 heavy (non-hydrogen) atoms. The van der Waals surface area contributed by atoms with Gasteiger partial charge in [0.1, 0.15) is 0 Å². The number of hydrogen-bond acceptors (Lipinski definition) is 2. The van der Waals surface area contributed by atoms with Crippen LogP contribution in [0.5, 0.6) is 0 Å². The van der Waals surface area contributed by atoms with Crippen LogP contribution in [0.25, 0.3) is 6.08 Å². The van der Waals surface area contributed by atoms with Gasteiger partial charge in [0.05, 0.1) is 0 Å². The van der Waals surface area contributed by atoms with Crippen LogP contribution < -0.4 is 0 Å². The summed E-state index contributed by atoms with van der Waals surface area (Å²) in [5.41, 5.74) is 2.80. The van der Waals surface area contributed by atoms with Gasteiger partial charge in [-0.3, -0.25) is 4.79 Å². The molecule has 2 aromatic carbocycles. The quantitative estimate of drug-likeness (QED) is 0.592. The molecule has 0 heterocycles. The molecular formula is C18H18BrNO. The molecule has 3 heteroatoms. The van der Waals surface area contributed by atoms with Crippen LogP contribution in [-0.4, -0.2) is 24.8 Å². The molecule has 0 fully saturated rings. The number of halogens is 1. The predicted octanol–water partition coefficient (Wildman–Crippen LogP) is 4.41. The molecule has 0 aliphatic heterocycles. The zero-order chi connectivity index (χ0) is 15.2. The molecule has 0 aliphatic rings. The molecule has 0 N–H and O–H groups in total. The summed E-state index contributed by atoms with van der Waals surface area (Å²) in [6, 6.07) is 15.6. The molecule has 0 aliphatic carbocycles. The molecule has 108 valence electrons. The first kappa shape index (κ1) is 15.7. The summed E-state index contributed by atoms with van der Waals surface area (Å²) >= 11 is 3.48. The van der Waals surface area contributed by atoms with Crippen LogP contribution in [0.3, 0.4) is 0 Å². The van der Waals surface area contributed by atoms with Crippen molar-refractivity contribution in [2.24, 2.45) is 0 Å². The molecule has 2 aromatic rings. The van der Waals surface area contributed by atoms with Crippen LogP contribution in [0.4, 0.5) is 0 Å². The highest BCUT2D eigenvalue weighted by molar-refractivity contribution is 9.10. The number of allylic oxidation sites excluding steroid dienone is 1. The van der Waals surface area contributed by atoms with Crippen LogP contribution in [0.1, 0.15) is 21.5 Å². The first-order valence-corrected chi connectivity index (χ1v) is 7.57. The van der Waals surface area contributed by atoms with E-state index < -0.39 is 0 Å². The van der Waals surface area contributed by atoms with Gasteiger partial charge in [0, 0.05) is 16.6 Å². The molecule has 0 bridgehead atoms. The summed E-state index contributed by atoms with van der Waals surface area (Å²) in [5.74, 6) is 0.0307. The van der Waals surface area contributed by atoms with E-state index in [9.17, 15) is 4.79 Å². The van der Waals surface area contributed by atoms with Crippen molar-refractivity contribution in [3.05, 3.63) is 75.8 Å². The number of nitrogens with zero attached hydrogens (tertiary/aromatic N) is 1. The molecule has 0 saturated heterocycles. The highest BCUT2D eigenvalue weighted by Gasteiger charge is 2.08. The number of rotatable bonds is 5. The Bertz CT molecular complexity index is 662. The van der Waals surface area contributed by atoms with E-state index in [2.05, 4.69) is 20.8 Å². The van der Waals surface area contributed by atoms with Crippen molar-refractivity contribution in [1.29, 1.82) is 0 Å². The summed E-state index contributed by atoms with van der Waals surface area (Å²) in [5, 5.41) is 0. The zero-order valence-corrected chi connectivity index (χ0v) is 13.8. The Morgan fingerprint density at radius 1 is 1.10 bits per heavy atom. The normalized spacial score (nSPS) is 11.2. The molecule has 0 radical (unpaired) electrons. The lowest BCUT2D eigenvalue weighted by atomic mass is 10.0. The van der Waals surface area contributed by atoms with Crippen molar-refractivity contribution >= 4 is 27.8 Å². The SMILES string of the molecule is CN(C)Cc1ccccc1C(=O)/C=C/c1ccccc1Br. The van der Waals surface area contributed by atoms with E-state index in [0.29, 0.717) is 0 Å². The van der Waals surface area contributed by atoms with Gasteiger partial charge in [-0.25, -0.2) is 0 Å². The van der Waals surface area contributed by atoms with Gasteiger partial charge in [-0.2, -0.15) is 0 Å². The van der Waals surface area contributed by atoms with Crippen molar-refractivity contribution in [2.75, 3.05) is 14.1 Å². The van der Waals surface area contributed by atoms with Crippen molar-refractivity contribution in [3.63, 3.8) is 0 Å². The van der Waals surface area contributed by atoms with Gasteiger partial charge in [0.25, 0.3) is 0 Å². The standard InChI is InChI=1S/C18H18BrNO/c1-20(2)13-15-8-3-5-9-16(15)18(21)12-11-14-7-4-6-10-17(14)19/h3-12H,13H2,1-2H3/b12-11+. The van der Waals surface area contributed by atoms with Crippen molar-refractivity contribution in [3.8, 4) is 0 Å². The van der Waals surface area contributed by atoms with Crippen molar-refractivity contribution in [1.82, 2.24) is 4.90 Å². The summed E-state index contributed by atoms with van der Waals surface area (Å²) in [6.07, 6.45) is 3.48. The number of carbonyl (C=O) groups excluding carboxylic acids is 1. The van der Waals surface area contributed by atoms with Crippen molar-refractivity contribution in [2.45, 2.75) is 6.54 Å². The summed E-state index contributed by atoms with van der Waals surface area (Å²) in [4.78, 5) is 14.5. The number of hydrogen-bond donors (Lipinski definition) is 0. The van der Waals surface area contributed by atoms with Gasteiger partial charge in [-0.05, 0) is 43.4 Å². The Kier molecular flexibility index (Phi) is 5.48.